The van der Waals surface area contributed by atoms with E-state index in [9.17, 15) is 13.2 Å². The van der Waals surface area contributed by atoms with Crippen LogP contribution in [-0.2, 0) is 0 Å². The maximum Gasteiger partial charge on any atom is 0.390 e. The highest BCUT2D eigenvalue weighted by atomic mass is 32.1. The fraction of sp³-hybridized carbons (Fsp3) is 0.444. The highest BCUT2D eigenvalue weighted by Crippen LogP contribution is 2.19. The number of hydrogen-bond donors (Lipinski definition) is 2. The third-order valence-corrected chi connectivity index (χ3v) is 2.01. The first-order valence-electron chi connectivity index (χ1n) is 4.74. The van der Waals surface area contributed by atoms with E-state index in [0.29, 0.717) is 11.4 Å². The Morgan fingerprint density at radius 3 is 2.65 bits per heavy atom. The van der Waals surface area contributed by atoms with Crippen LogP contribution in [-0.4, -0.2) is 27.7 Å². The molecule has 0 spiro atoms. The van der Waals surface area contributed by atoms with Gasteiger partial charge in [-0.25, -0.2) is 9.97 Å². The van der Waals surface area contributed by atoms with Crippen molar-refractivity contribution >= 4 is 23.2 Å². The largest absolute Gasteiger partial charge is 0.390 e. The first kappa shape index (κ1) is 13.6. The molecule has 8 heteroatoms. The summed E-state index contributed by atoms with van der Waals surface area (Å²) in [6.45, 7) is 1.39. The highest BCUT2D eigenvalue weighted by Gasteiger charge is 2.26. The normalized spacial score (nSPS) is 11.3. The van der Waals surface area contributed by atoms with E-state index < -0.39 is 12.6 Å². The Kier molecular flexibility index (Phi) is 4.22. The number of nitrogens with two attached hydrogens (primary N) is 1. The fourth-order valence-corrected chi connectivity index (χ4v) is 1.19. The summed E-state index contributed by atoms with van der Waals surface area (Å²) in [5.74, 6) is 0.0945. The van der Waals surface area contributed by atoms with Gasteiger partial charge in [0, 0.05) is 12.2 Å². The van der Waals surface area contributed by atoms with Crippen LogP contribution in [0, 0.1) is 6.92 Å². The number of aryl methyl sites for hydroxylation is 1. The van der Waals surface area contributed by atoms with E-state index in [0.717, 1.165) is 0 Å². The maximum absolute atomic E-state index is 11.9. The van der Waals surface area contributed by atoms with Crippen molar-refractivity contribution in [1.29, 1.82) is 0 Å². The SMILES string of the molecule is Cc1cc(C(N)=S)nc(NCCC(F)(F)F)n1. The Bertz CT molecular complexity index is 419. The Morgan fingerprint density at radius 2 is 2.12 bits per heavy atom. The van der Waals surface area contributed by atoms with Crippen LogP contribution in [0.4, 0.5) is 19.1 Å². The van der Waals surface area contributed by atoms with Crippen LogP contribution >= 0.6 is 12.2 Å². The van der Waals surface area contributed by atoms with Gasteiger partial charge in [0.05, 0.1) is 6.42 Å². The van der Waals surface area contributed by atoms with Gasteiger partial charge >= 0.3 is 6.18 Å². The molecule has 1 aromatic rings. The Labute approximate surface area is 101 Å². The Morgan fingerprint density at radius 1 is 1.47 bits per heavy atom. The highest BCUT2D eigenvalue weighted by molar-refractivity contribution is 7.80. The summed E-state index contributed by atoms with van der Waals surface area (Å²) < 4.78 is 35.8. The van der Waals surface area contributed by atoms with Crippen LogP contribution < -0.4 is 11.1 Å². The minimum atomic E-state index is -4.21. The van der Waals surface area contributed by atoms with Gasteiger partial charge in [-0.05, 0) is 13.0 Å². The Hall–Kier alpha value is -1.44. The molecule has 0 fully saturated rings. The molecule has 0 aliphatic rings. The molecule has 1 heterocycles. The number of nitrogens with one attached hydrogen (secondary N) is 1. The molecule has 0 aliphatic carbocycles. The van der Waals surface area contributed by atoms with Gasteiger partial charge in [-0.3, -0.25) is 0 Å². The zero-order chi connectivity index (χ0) is 13.1. The first-order valence-corrected chi connectivity index (χ1v) is 5.15. The van der Waals surface area contributed by atoms with E-state index in [1.165, 1.54) is 0 Å². The molecule has 0 saturated carbocycles. The average Bonchev–Trinajstić information content (AvgIpc) is 2.14. The number of anilines is 1. The van der Waals surface area contributed by atoms with Gasteiger partial charge in [0.1, 0.15) is 10.7 Å². The monoisotopic (exact) mass is 264 g/mol. The lowest BCUT2D eigenvalue weighted by Crippen LogP contribution is -2.18. The average molecular weight is 264 g/mol. The standard InChI is InChI=1S/C9H11F3N4S/c1-5-4-6(7(13)17)16-8(15-5)14-3-2-9(10,11)12/h4H,2-3H2,1H3,(H2,13,17)(H,14,15,16). The number of nitrogens with zero attached hydrogens (tertiary/aromatic N) is 2. The summed E-state index contributed by atoms with van der Waals surface area (Å²) in [7, 11) is 0. The molecule has 1 aromatic heterocycles. The molecular weight excluding hydrogens is 253 g/mol. The first-order chi connectivity index (χ1) is 7.78. The second-order valence-electron chi connectivity index (χ2n) is 3.37. The molecule has 0 aliphatic heterocycles. The van der Waals surface area contributed by atoms with E-state index >= 15 is 0 Å². The molecule has 0 amide bonds. The molecule has 0 bridgehead atoms. The molecule has 0 atom stereocenters. The van der Waals surface area contributed by atoms with Crippen LogP contribution in [0.3, 0.4) is 0 Å². The van der Waals surface area contributed by atoms with Crippen LogP contribution in [0.2, 0.25) is 0 Å². The molecule has 4 nitrogen and oxygen atoms in total. The van der Waals surface area contributed by atoms with Crippen molar-refractivity contribution in [1.82, 2.24) is 9.97 Å². The lowest BCUT2D eigenvalue weighted by molar-refractivity contribution is -0.131. The van der Waals surface area contributed by atoms with Crippen LogP contribution in [0.25, 0.3) is 0 Å². The van der Waals surface area contributed by atoms with E-state index in [1.807, 2.05) is 0 Å². The second-order valence-corrected chi connectivity index (χ2v) is 3.81. The van der Waals surface area contributed by atoms with E-state index in [-0.39, 0.29) is 17.5 Å². The summed E-state index contributed by atoms with van der Waals surface area (Å²) in [5, 5.41) is 2.48. The van der Waals surface area contributed by atoms with Gasteiger partial charge in [0.15, 0.2) is 0 Å². The van der Waals surface area contributed by atoms with Crippen molar-refractivity contribution in [2.24, 2.45) is 5.73 Å². The molecule has 0 saturated heterocycles. The van der Waals surface area contributed by atoms with Crippen LogP contribution in [0.5, 0.6) is 0 Å². The molecule has 0 aromatic carbocycles. The van der Waals surface area contributed by atoms with Crippen molar-refractivity contribution in [3.05, 3.63) is 17.5 Å². The predicted octanol–water partition coefficient (Wildman–Crippen LogP) is 1.78. The lowest BCUT2D eigenvalue weighted by atomic mass is 10.3. The topological polar surface area (TPSA) is 63.8 Å². The zero-order valence-electron chi connectivity index (χ0n) is 9.01. The van der Waals surface area contributed by atoms with E-state index in [1.54, 1.807) is 13.0 Å². The van der Waals surface area contributed by atoms with Crippen LogP contribution in [0.1, 0.15) is 17.8 Å². The molecule has 17 heavy (non-hydrogen) atoms. The van der Waals surface area contributed by atoms with Gasteiger partial charge < -0.3 is 11.1 Å². The van der Waals surface area contributed by atoms with E-state index in [2.05, 4.69) is 15.3 Å². The number of halogens is 3. The van der Waals surface area contributed by atoms with Crippen molar-refractivity contribution in [3.63, 3.8) is 0 Å². The minimum Gasteiger partial charge on any atom is -0.388 e. The Balaban J connectivity index is 2.68. The van der Waals surface area contributed by atoms with Crippen molar-refractivity contribution in [3.8, 4) is 0 Å². The van der Waals surface area contributed by atoms with Crippen LogP contribution in [0.15, 0.2) is 6.07 Å². The summed E-state index contributed by atoms with van der Waals surface area (Å²) in [6, 6.07) is 1.57. The maximum atomic E-state index is 11.9. The quantitative estimate of drug-likeness (QED) is 0.812. The van der Waals surface area contributed by atoms with Gasteiger partial charge in [-0.15, -0.1) is 0 Å². The number of alkyl halides is 3. The smallest absolute Gasteiger partial charge is 0.388 e. The number of rotatable bonds is 4. The predicted molar refractivity (Wildman–Crippen MR) is 61.8 cm³/mol. The molecule has 0 radical (unpaired) electrons. The molecule has 3 N–H and O–H groups in total. The summed E-state index contributed by atoms with van der Waals surface area (Å²) >= 11 is 4.73. The van der Waals surface area contributed by atoms with Gasteiger partial charge in [0.2, 0.25) is 5.95 Å². The number of thiocarbonyl (C=S) groups is 1. The van der Waals surface area contributed by atoms with Gasteiger partial charge in [-0.1, -0.05) is 12.2 Å². The van der Waals surface area contributed by atoms with E-state index in [4.69, 9.17) is 18.0 Å². The third kappa shape index (κ3) is 4.94. The van der Waals surface area contributed by atoms with Gasteiger partial charge in [-0.2, -0.15) is 13.2 Å². The van der Waals surface area contributed by atoms with Gasteiger partial charge in [0.25, 0.3) is 0 Å². The second kappa shape index (κ2) is 5.26. The summed E-state index contributed by atoms with van der Waals surface area (Å²) in [6.07, 6.45) is -5.16. The molecule has 1 rings (SSSR count). The summed E-state index contributed by atoms with van der Waals surface area (Å²) in [4.78, 5) is 7.91. The summed E-state index contributed by atoms with van der Waals surface area (Å²) in [5.41, 5.74) is 6.30. The minimum absolute atomic E-state index is 0.0781. The third-order valence-electron chi connectivity index (χ3n) is 1.80. The molecular formula is C9H11F3N4S. The van der Waals surface area contributed by atoms with Crippen molar-refractivity contribution < 1.29 is 13.2 Å². The van der Waals surface area contributed by atoms with Crippen molar-refractivity contribution in [2.75, 3.05) is 11.9 Å². The molecule has 94 valence electrons. The fourth-order valence-electron chi connectivity index (χ4n) is 1.09. The lowest BCUT2D eigenvalue weighted by Gasteiger charge is -2.09. The number of hydrogen-bond acceptors (Lipinski definition) is 4. The van der Waals surface area contributed by atoms with Crippen molar-refractivity contribution in [2.45, 2.75) is 19.5 Å². The zero-order valence-corrected chi connectivity index (χ0v) is 9.82. The number of aromatic nitrogens is 2. The molecule has 0 unspecified atom stereocenters.